The standard InChI is InChI=1S/C38H25NO/c1-3-13-25(14-4-1)27-19-11-20-28(26-15-5-2-6-16-26)35(27)36-31-18-7-9-23-33(31)39-37(36)32-22-12-21-30-29-17-8-10-24-34(29)40-38(30)32/h1-24,36H. The van der Waals surface area contributed by atoms with Crippen LogP contribution in [0.15, 0.2) is 155 Å². The molecule has 0 N–H and O–H groups in total. The molecule has 6 aromatic carbocycles. The van der Waals surface area contributed by atoms with Crippen LogP contribution >= 0.6 is 0 Å². The third-order valence-corrected chi connectivity index (χ3v) is 8.01. The Morgan fingerprint density at radius 3 is 1.80 bits per heavy atom. The van der Waals surface area contributed by atoms with Crippen molar-refractivity contribution in [1.82, 2.24) is 0 Å². The molecule has 7 aromatic rings. The Morgan fingerprint density at radius 2 is 1.05 bits per heavy atom. The van der Waals surface area contributed by atoms with E-state index < -0.39 is 0 Å². The fourth-order valence-electron chi connectivity index (χ4n) is 6.25. The second-order valence-electron chi connectivity index (χ2n) is 10.3. The van der Waals surface area contributed by atoms with Crippen LogP contribution in [0.5, 0.6) is 0 Å². The highest BCUT2D eigenvalue weighted by molar-refractivity contribution is 6.21. The average molecular weight is 512 g/mol. The Bertz CT molecular complexity index is 1990. The van der Waals surface area contributed by atoms with Crippen molar-refractivity contribution in [2.45, 2.75) is 5.92 Å². The van der Waals surface area contributed by atoms with Crippen molar-refractivity contribution in [3.63, 3.8) is 0 Å². The Hall–Kier alpha value is -5.21. The topological polar surface area (TPSA) is 25.5 Å². The molecule has 1 aliphatic rings. The second-order valence-corrected chi connectivity index (χ2v) is 10.3. The first-order valence-electron chi connectivity index (χ1n) is 13.7. The normalized spacial score (nSPS) is 14.4. The first-order chi connectivity index (χ1) is 19.9. The molecule has 1 unspecified atom stereocenters. The summed E-state index contributed by atoms with van der Waals surface area (Å²) in [6.45, 7) is 0. The van der Waals surface area contributed by atoms with Gasteiger partial charge >= 0.3 is 0 Å². The maximum absolute atomic E-state index is 6.53. The van der Waals surface area contributed by atoms with Gasteiger partial charge in [0.1, 0.15) is 11.2 Å². The average Bonchev–Trinajstić information content (AvgIpc) is 3.60. The molecule has 2 heteroatoms. The van der Waals surface area contributed by atoms with Crippen LogP contribution in [0, 0.1) is 0 Å². The number of hydrogen-bond acceptors (Lipinski definition) is 2. The minimum absolute atomic E-state index is 0.0679. The van der Waals surface area contributed by atoms with E-state index in [1.165, 1.54) is 33.4 Å². The van der Waals surface area contributed by atoms with E-state index in [2.05, 4.69) is 133 Å². The molecule has 0 saturated heterocycles. The summed E-state index contributed by atoms with van der Waals surface area (Å²) in [5.74, 6) is -0.0679. The summed E-state index contributed by atoms with van der Waals surface area (Å²) in [7, 11) is 0. The van der Waals surface area contributed by atoms with E-state index in [-0.39, 0.29) is 5.92 Å². The molecular weight excluding hydrogens is 486 g/mol. The smallest absolute Gasteiger partial charge is 0.144 e. The lowest BCUT2D eigenvalue weighted by atomic mass is 9.78. The van der Waals surface area contributed by atoms with Crippen LogP contribution in [0.25, 0.3) is 44.2 Å². The van der Waals surface area contributed by atoms with Crippen LogP contribution < -0.4 is 0 Å². The lowest BCUT2D eigenvalue weighted by molar-refractivity contribution is 0.668. The van der Waals surface area contributed by atoms with Crippen molar-refractivity contribution in [1.29, 1.82) is 0 Å². The third-order valence-electron chi connectivity index (χ3n) is 8.01. The molecule has 2 nitrogen and oxygen atoms in total. The summed E-state index contributed by atoms with van der Waals surface area (Å²) < 4.78 is 6.53. The number of para-hydroxylation sites is 3. The quantitative estimate of drug-likeness (QED) is 0.231. The summed E-state index contributed by atoms with van der Waals surface area (Å²) in [5.41, 5.74) is 12.2. The third kappa shape index (κ3) is 3.54. The van der Waals surface area contributed by atoms with Gasteiger partial charge in [0.05, 0.1) is 17.3 Å². The maximum atomic E-state index is 6.53. The van der Waals surface area contributed by atoms with Gasteiger partial charge in [-0.25, -0.2) is 0 Å². The highest BCUT2D eigenvalue weighted by atomic mass is 16.3. The fraction of sp³-hybridized carbons (Fsp3) is 0.0263. The first kappa shape index (κ1) is 22.7. The van der Waals surface area contributed by atoms with E-state index >= 15 is 0 Å². The van der Waals surface area contributed by atoms with Crippen LogP contribution in [-0.4, -0.2) is 5.71 Å². The highest BCUT2D eigenvalue weighted by Crippen LogP contribution is 2.49. The molecule has 8 rings (SSSR count). The minimum Gasteiger partial charge on any atom is -0.455 e. The van der Waals surface area contributed by atoms with Gasteiger partial charge in [0.25, 0.3) is 0 Å². The van der Waals surface area contributed by atoms with Gasteiger partial charge in [0.2, 0.25) is 0 Å². The second kappa shape index (κ2) is 9.21. The van der Waals surface area contributed by atoms with Crippen LogP contribution in [0.4, 0.5) is 5.69 Å². The number of nitrogens with zero attached hydrogens (tertiary/aromatic N) is 1. The predicted octanol–water partition coefficient (Wildman–Crippen LogP) is 10.2. The SMILES string of the molecule is c1ccc(-c2cccc(-c3ccccc3)c2C2C(c3cccc4c3oc3ccccc34)=Nc3ccccc32)cc1. The molecule has 0 radical (unpaired) electrons. The predicted molar refractivity (Wildman–Crippen MR) is 166 cm³/mol. The Labute approximate surface area is 232 Å². The number of furan rings is 1. The largest absolute Gasteiger partial charge is 0.455 e. The molecule has 1 aromatic heterocycles. The zero-order valence-corrected chi connectivity index (χ0v) is 21.8. The molecular formula is C38H25NO. The van der Waals surface area contributed by atoms with Crippen molar-refractivity contribution in [2.24, 2.45) is 4.99 Å². The monoisotopic (exact) mass is 511 g/mol. The molecule has 0 saturated carbocycles. The summed E-state index contributed by atoms with van der Waals surface area (Å²) >= 11 is 0. The van der Waals surface area contributed by atoms with Gasteiger partial charge in [-0.1, -0.05) is 127 Å². The number of rotatable bonds is 4. The van der Waals surface area contributed by atoms with E-state index in [0.717, 1.165) is 38.9 Å². The Kier molecular flexibility index (Phi) is 5.24. The molecule has 0 spiro atoms. The summed E-state index contributed by atoms with van der Waals surface area (Å²) in [4.78, 5) is 5.33. The van der Waals surface area contributed by atoms with Crippen molar-refractivity contribution >= 4 is 33.3 Å². The van der Waals surface area contributed by atoms with Crippen molar-refractivity contribution in [3.8, 4) is 22.3 Å². The van der Waals surface area contributed by atoms with Crippen molar-refractivity contribution < 1.29 is 4.42 Å². The fourth-order valence-corrected chi connectivity index (χ4v) is 6.25. The molecule has 0 amide bonds. The van der Waals surface area contributed by atoms with Crippen LogP contribution in [0.3, 0.4) is 0 Å². The van der Waals surface area contributed by atoms with E-state index in [4.69, 9.17) is 9.41 Å². The molecule has 1 atom stereocenters. The van der Waals surface area contributed by atoms with E-state index in [9.17, 15) is 0 Å². The van der Waals surface area contributed by atoms with Gasteiger partial charge in [-0.05, 0) is 51.6 Å². The van der Waals surface area contributed by atoms with E-state index in [1.807, 2.05) is 12.1 Å². The van der Waals surface area contributed by atoms with Gasteiger partial charge in [0.15, 0.2) is 0 Å². The maximum Gasteiger partial charge on any atom is 0.144 e. The lowest BCUT2D eigenvalue weighted by Crippen LogP contribution is -2.14. The molecule has 40 heavy (non-hydrogen) atoms. The Balaban J connectivity index is 1.45. The zero-order valence-electron chi connectivity index (χ0n) is 21.8. The summed E-state index contributed by atoms with van der Waals surface area (Å²) in [6, 6.07) is 51.3. The zero-order chi connectivity index (χ0) is 26.5. The van der Waals surface area contributed by atoms with Gasteiger partial charge in [-0.3, -0.25) is 4.99 Å². The lowest BCUT2D eigenvalue weighted by Gasteiger charge is -2.24. The van der Waals surface area contributed by atoms with Crippen LogP contribution in [0.2, 0.25) is 0 Å². The van der Waals surface area contributed by atoms with Gasteiger partial charge in [-0.2, -0.15) is 0 Å². The molecule has 0 aliphatic carbocycles. The van der Waals surface area contributed by atoms with Gasteiger partial charge in [-0.15, -0.1) is 0 Å². The number of benzene rings is 6. The molecule has 188 valence electrons. The first-order valence-corrected chi connectivity index (χ1v) is 13.7. The van der Waals surface area contributed by atoms with Gasteiger partial charge in [0, 0.05) is 16.3 Å². The number of fused-ring (bicyclic) bond motifs is 4. The van der Waals surface area contributed by atoms with Gasteiger partial charge < -0.3 is 4.42 Å². The Morgan fingerprint density at radius 1 is 0.475 bits per heavy atom. The highest BCUT2D eigenvalue weighted by Gasteiger charge is 2.34. The minimum atomic E-state index is -0.0679. The molecule has 0 fully saturated rings. The van der Waals surface area contributed by atoms with E-state index in [0.29, 0.717) is 0 Å². The van der Waals surface area contributed by atoms with E-state index in [1.54, 1.807) is 0 Å². The number of aliphatic imine (C=N–C) groups is 1. The van der Waals surface area contributed by atoms with Crippen molar-refractivity contribution in [2.75, 3.05) is 0 Å². The van der Waals surface area contributed by atoms with Crippen LogP contribution in [-0.2, 0) is 0 Å². The summed E-state index contributed by atoms with van der Waals surface area (Å²) in [6.07, 6.45) is 0. The van der Waals surface area contributed by atoms with Crippen molar-refractivity contribution in [3.05, 3.63) is 162 Å². The molecule has 2 heterocycles. The summed E-state index contributed by atoms with van der Waals surface area (Å²) in [5, 5.41) is 2.24. The molecule has 1 aliphatic heterocycles. The van der Waals surface area contributed by atoms with Crippen LogP contribution in [0.1, 0.15) is 22.6 Å². The molecule has 0 bridgehead atoms. The number of hydrogen-bond donors (Lipinski definition) is 0.